The van der Waals surface area contributed by atoms with Crippen molar-refractivity contribution in [1.29, 1.82) is 5.26 Å². The maximum atomic E-state index is 14.0. The lowest BCUT2D eigenvalue weighted by atomic mass is 10.1. The van der Waals surface area contributed by atoms with Gasteiger partial charge in [-0.05, 0) is 24.3 Å². The van der Waals surface area contributed by atoms with Crippen LogP contribution in [-0.2, 0) is 0 Å². The molecule has 1 aromatic heterocycles. The van der Waals surface area contributed by atoms with Gasteiger partial charge in [0.15, 0.2) is 0 Å². The van der Waals surface area contributed by atoms with Gasteiger partial charge in [0.05, 0.1) is 16.7 Å². The van der Waals surface area contributed by atoms with E-state index in [-0.39, 0.29) is 5.56 Å². The van der Waals surface area contributed by atoms with Gasteiger partial charge in [-0.15, -0.1) is 0 Å². The van der Waals surface area contributed by atoms with Gasteiger partial charge >= 0.3 is 0 Å². The van der Waals surface area contributed by atoms with Gasteiger partial charge in [0.1, 0.15) is 17.4 Å². The summed E-state index contributed by atoms with van der Waals surface area (Å²) in [5.74, 6) is -0.498. The molecule has 4 aromatic rings. The van der Waals surface area contributed by atoms with Crippen LogP contribution in [0.2, 0.25) is 0 Å². The molecular weight excluding hydrogens is 275 g/mol. The minimum absolute atomic E-state index is 0.0639. The Kier molecular flexibility index (Phi) is 2.70. The molecule has 0 atom stereocenters. The number of aromatic nitrogens is 1. The number of hydrogen-bond acceptors (Lipinski definition) is 1. The molecule has 2 nitrogen and oxygen atoms in total. The summed E-state index contributed by atoms with van der Waals surface area (Å²) in [6.45, 7) is 0. The van der Waals surface area contributed by atoms with Crippen LogP contribution in [-0.4, -0.2) is 4.57 Å². The molecule has 0 radical (unpaired) electrons. The highest BCUT2D eigenvalue weighted by Gasteiger charge is 2.15. The number of benzene rings is 3. The summed E-state index contributed by atoms with van der Waals surface area (Å²) in [6.07, 6.45) is 0. The number of nitrogens with zero attached hydrogens (tertiary/aromatic N) is 2. The fourth-order valence-corrected chi connectivity index (χ4v) is 2.99. The third kappa shape index (κ3) is 1.64. The lowest BCUT2D eigenvalue weighted by Crippen LogP contribution is -1.99. The summed E-state index contributed by atoms with van der Waals surface area (Å²) in [6, 6.07) is 22.6. The van der Waals surface area contributed by atoms with Crippen LogP contribution >= 0.6 is 0 Å². The van der Waals surface area contributed by atoms with Crippen LogP contribution in [0.25, 0.3) is 27.5 Å². The fraction of sp³-hybridized carbons (Fsp3) is 0. The van der Waals surface area contributed by atoms with Crippen molar-refractivity contribution in [2.45, 2.75) is 0 Å². The normalized spacial score (nSPS) is 10.9. The van der Waals surface area contributed by atoms with Crippen LogP contribution < -0.4 is 0 Å². The Morgan fingerprint density at radius 2 is 1.36 bits per heavy atom. The second-order valence-electron chi connectivity index (χ2n) is 5.12. The van der Waals surface area contributed by atoms with E-state index in [1.165, 1.54) is 6.07 Å². The molecular formula is C19H11FN2. The van der Waals surface area contributed by atoms with E-state index in [1.807, 2.05) is 59.2 Å². The summed E-state index contributed by atoms with van der Waals surface area (Å²) in [4.78, 5) is 0. The maximum Gasteiger partial charge on any atom is 0.143 e. The van der Waals surface area contributed by atoms with Crippen molar-refractivity contribution in [2.24, 2.45) is 0 Å². The lowest BCUT2D eigenvalue weighted by molar-refractivity contribution is 0.623. The van der Waals surface area contributed by atoms with Crippen molar-refractivity contribution in [3.8, 4) is 11.8 Å². The van der Waals surface area contributed by atoms with E-state index in [0.717, 1.165) is 21.8 Å². The molecule has 0 amide bonds. The molecule has 0 unspecified atom stereocenters. The Hall–Kier alpha value is -3.12. The second-order valence-corrected chi connectivity index (χ2v) is 5.12. The van der Waals surface area contributed by atoms with Crippen molar-refractivity contribution in [1.82, 2.24) is 4.57 Å². The number of hydrogen-bond donors (Lipinski definition) is 0. The number of nitriles is 1. The molecule has 4 rings (SSSR count). The van der Waals surface area contributed by atoms with Crippen molar-refractivity contribution in [2.75, 3.05) is 0 Å². The van der Waals surface area contributed by atoms with Crippen LogP contribution in [0.1, 0.15) is 5.56 Å². The maximum absolute atomic E-state index is 14.0. The van der Waals surface area contributed by atoms with Gasteiger partial charge in [0, 0.05) is 10.8 Å². The third-order valence-corrected chi connectivity index (χ3v) is 3.92. The zero-order valence-corrected chi connectivity index (χ0v) is 11.6. The molecule has 0 spiro atoms. The van der Waals surface area contributed by atoms with Crippen LogP contribution in [0.4, 0.5) is 4.39 Å². The van der Waals surface area contributed by atoms with Crippen LogP contribution in [0.5, 0.6) is 0 Å². The van der Waals surface area contributed by atoms with E-state index in [2.05, 4.69) is 0 Å². The van der Waals surface area contributed by atoms with Gasteiger partial charge < -0.3 is 4.57 Å². The molecule has 0 saturated heterocycles. The molecule has 3 aromatic carbocycles. The summed E-state index contributed by atoms with van der Waals surface area (Å²) < 4.78 is 16.0. The van der Waals surface area contributed by atoms with Crippen molar-refractivity contribution >= 4 is 21.8 Å². The average Bonchev–Trinajstić information content (AvgIpc) is 2.89. The Morgan fingerprint density at radius 3 is 1.95 bits per heavy atom. The van der Waals surface area contributed by atoms with Crippen LogP contribution in [0.15, 0.2) is 66.7 Å². The molecule has 0 aliphatic rings. The summed E-state index contributed by atoms with van der Waals surface area (Å²) in [5.41, 5.74) is 2.56. The first-order valence-electron chi connectivity index (χ1n) is 6.98. The van der Waals surface area contributed by atoms with E-state index >= 15 is 0 Å². The van der Waals surface area contributed by atoms with Gasteiger partial charge in [-0.2, -0.15) is 5.26 Å². The molecule has 3 heteroatoms. The third-order valence-electron chi connectivity index (χ3n) is 3.92. The van der Waals surface area contributed by atoms with Gasteiger partial charge in [-0.1, -0.05) is 42.5 Å². The van der Waals surface area contributed by atoms with E-state index in [9.17, 15) is 9.65 Å². The quantitative estimate of drug-likeness (QED) is 0.494. The van der Waals surface area contributed by atoms with Gasteiger partial charge in [-0.25, -0.2) is 4.39 Å². The monoisotopic (exact) mass is 286 g/mol. The summed E-state index contributed by atoms with van der Waals surface area (Å²) in [5, 5.41) is 11.5. The smallest absolute Gasteiger partial charge is 0.143 e. The topological polar surface area (TPSA) is 28.7 Å². The Balaban J connectivity index is 2.24. The predicted octanol–water partition coefficient (Wildman–Crippen LogP) is 4.79. The highest BCUT2D eigenvalue weighted by Crippen LogP contribution is 2.33. The molecule has 0 aliphatic heterocycles. The second kappa shape index (κ2) is 4.71. The SMILES string of the molecule is N#Cc1c(F)cccc1-n1c2ccccc2c2ccccc21. The number of para-hydroxylation sites is 2. The number of rotatable bonds is 1. The first kappa shape index (κ1) is 12.6. The predicted molar refractivity (Wildman–Crippen MR) is 85.5 cm³/mol. The van der Waals surface area contributed by atoms with E-state index < -0.39 is 5.82 Å². The van der Waals surface area contributed by atoms with E-state index in [0.29, 0.717) is 5.69 Å². The first-order valence-corrected chi connectivity index (χ1v) is 6.98. The zero-order chi connectivity index (χ0) is 15.1. The van der Waals surface area contributed by atoms with E-state index in [1.54, 1.807) is 12.1 Å². The standard InChI is InChI=1S/C19H11FN2/c20-16-8-5-11-19(15(16)12-21)22-17-9-3-1-6-13(17)14-7-2-4-10-18(14)22/h1-11H. The Labute approximate surface area is 126 Å². The molecule has 104 valence electrons. The molecule has 0 fully saturated rings. The van der Waals surface area contributed by atoms with E-state index in [4.69, 9.17) is 0 Å². The first-order chi connectivity index (χ1) is 10.8. The molecule has 0 saturated carbocycles. The Bertz CT molecular complexity index is 1000. The summed E-state index contributed by atoms with van der Waals surface area (Å²) >= 11 is 0. The van der Waals surface area contributed by atoms with Crippen molar-refractivity contribution in [3.05, 3.63) is 78.1 Å². The van der Waals surface area contributed by atoms with Crippen LogP contribution in [0.3, 0.4) is 0 Å². The highest BCUT2D eigenvalue weighted by atomic mass is 19.1. The molecule has 0 aliphatic carbocycles. The highest BCUT2D eigenvalue weighted by molar-refractivity contribution is 6.09. The number of fused-ring (bicyclic) bond motifs is 3. The Morgan fingerprint density at radius 1 is 0.773 bits per heavy atom. The minimum atomic E-state index is -0.498. The van der Waals surface area contributed by atoms with Crippen molar-refractivity contribution < 1.29 is 4.39 Å². The summed E-state index contributed by atoms with van der Waals surface area (Å²) in [7, 11) is 0. The molecule has 1 heterocycles. The van der Waals surface area contributed by atoms with Gasteiger partial charge in [0.25, 0.3) is 0 Å². The van der Waals surface area contributed by atoms with Crippen molar-refractivity contribution in [3.63, 3.8) is 0 Å². The van der Waals surface area contributed by atoms with Gasteiger partial charge in [0.2, 0.25) is 0 Å². The fourth-order valence-electron chi connectivity index (χ4n) is 2.99. The average molecular weight is 286 g/mol. The number of halogens is 1. The molecule has 22 heavy (non-hydrogen) atoms. The van der Waals surface area contributed by atoms with Crippen LogP contribution in [0, 0.1) is 17.1 Å². The molecule has 0 N–H and O–H groups in total. The lowest BCUT2D eigenvalue weighted by Gasteiger charge is -2.10. The minimum Gasteiger partial charge on any atom is -0.308 e. The molecule has 0 bridgehead atoms. The van der Waals surface area contributed by atoms with Gasteiger partial charge in [-0.3, -0.25) is 0 Å². The largest absolute Gasteiger partial charge is 0.308 e. The zero-order valence-electron chi connectivity index (χ0n) is 11.6.